The monoisotopic (exact) mass is 411 g/mol. The Morgan fingerprint density at radius 2 is 1.90 bits per heavy atom. The first-order valence-corrected chi connectivity index (χ1v) is 9.72. The molecule has 0 aliphatic rings. The number of primary amides is 1. The molecule has 0 saturated heterocycles. The van der Waals surface area contributed by atoms with Crippen molar-refractivity contribution in [3.05, 3.63) is 48.2 Å². The molecule has 3 aromatic rings. The molecule has 1 atom stereocenters. The molecule has 0 aliphatic heterocycles. The van der Waals surface area contributed by atoms with Crippen LogP contribution in [-0.4, -0.2) is 43.8 Å². The zero-order valence-electron chi connectivity index (χ0n) is 17.5. The molecule has 2 aromatic heterocycles. The first kappa shape index (κ1) is 21.6. The summed E-state index contributed by atoms with van der Waals surface area (Å²) in [5.41, 5.74) is 7.20. The van der Waals surface area contributed by atoms with Gasteiger partial charge in [-0.1, -0.05) is 6.07 Å². The molecular weight excluding hydrogens is 385 g/mol. The number of aromatic nitrogens is 3. The average molecular weight is 411 g/mol. The van der Waals surface area contributed by atoms with Crippen molar-refractivity contribution in [3.63, 3.8) is 0 Å². The Balaban J connectivity index is 2.26. The van der Waals surface area contributed by atoms with Crippen LogP contribution in [0.15, 0.2) is 36.9 Å². The van der Waals surface area contributed by atoms with Crippen LogP contribution in [0.4, 0.5) is 10.1 Å². The van der Waals surface area contributed by atoms with Gasteiger partial charge in [-0.25, -0.2) is 14.4 Å². The summed E-state index contributed by atoms with van der Waals surface area (Å²) in [4.78, 5) is 25.0. The maximum absolute atomic E-state index is 14.6. The Hall–Kier alpha value is -3.13. The summed E-state index contributed by atoms with van der Waals surface area (Å²) in [6.45, 7) is 6.62. The zero-order chi connectivity index (χ0) is 22.1. The van der Waals surface area contributed by atoms with Crippen LogP contribution in [0.3, 0.4) is 0 Å². The minimum absolute atomic E-state index is 0.0132. The number of aliphatic hydroxyl groups is 1. The fraction of sp³-hybridized carbons (Fsp3) is 0.364. The van der Waals surface area contributed by atoms with Crippen LogP contribution in [0.2, 0.25) is 0 Å². The number of anilines is 1. The summed E-state index contributed by atoms with van der Waals surface area (Å²) >= 11 is 0. The van der Waals surface area contributed by atoms with Gasteiger partial charge in [0.05, 0.1) is 28.1 Å². The Morgan fingerprint density at radius 3 is 2.47 bits per heavy atom. The number of carbonyl (C=O) groups excluding carboxylic acids is 1. The van der Waals surface area contributed by atoms with E-state index < -0.39 is 17.7 Å². The van der Waals surface area contributed by atoms with Crippen molar-refractivity contribution in [2.45, 2.75) is 51.9 Å². The summed E-state index contributed by atoms with van der Waals surface area (Å²) in [7, 11) is 0. The first-order chi connectivity index (χ1) is 14.1. The molecule has 0 spiro atoms. The predicted molar refractivity (Wildman–Crippen MR) is 115 cm³/mol. The lowest BCUT2D eigenvalue weighted by Crippen LogP contribution is -2.35. The molecule has 1 aromatic carbocycles. The standard InChI is InChI=1S/C22H26FN5O2/c1-12(2)27-20-15-7-13(14-9-25-11-26-10-14)5-6-16(15)28-17(19(20)21(24)29)8-18(23)22(3,4)30/h5-7,9-12,18,30H,8H2,1-4H3,(H2,24,29)(H,27,28). The fourth-order valence-electron chi connectivity index (χ4n) is 3.21. The van der Waals surface area contributed by atoms with Crippen molar-refractivity contribution in [2.24, 2.45) is 5.73 Å². The number of fused-ring (bicyclic) bond motifs is 1. The SMILES string of the molecule is CC(C)Nc1c(C(N)=O)c(CC(F)C(C)(C)O)nc2ccc(-c3cncnc3)cc12. The van der Waals surface area contributed by atoms with Crippen molar-refractivity contribution in [1.82, 2.24) is 15.0 Å². The van der Waals surface area contributed by atoms with Crippen molar-refractivity contribution in [2.75, 3.05) is 5.32 Å². The second-order valence-corrected chi connectivity index (χ2v) is 8.16. The summed E-state index contributed by atoms with van der Waals surface area (Å²) in [5, 5.41) is 14.0. The molecule has 158 valence electrons. The third-order valence-electron chi connectivity index (χ3n) is 4.77. The number of alkyl halides is 1. The number of rotatable bonds is 7. The average Bonchev–Trinajstić information content (AvgIpc) is 2.67. The summed E-state index contributed by atoms with van der Waals surface area (Å²) in [6, 6.07) is 5.53. The summed E-state index contributed by atoms with van der Waals surface area (Å²) in [6.07, 6.45) is 2.98. The molecule has 30 heavy (non-hydrogen) atoms. The maximum Gasteiger partial charge on any atom is 0.252 e. The molecule has 0 fully saturated rings. The molecule has 0 bridgehead atoms. The molecule has 2 heterocycles. The van der Waals surface area contributed by atoms with E-state index in [1.807, 2.05) is 26.0 Å². The minimum atomic E-state index is -1.62. The Morgan fingerprint density at radius 1 is 1.23 bits per heavy atom. The molecular formula is C22H26FN5O2. The van der Waals surface area contributed by atoms with Crippen LogP contribution in [-0.2, 0) is 6.42 Å². The number of hydrogen-bond donors (Lipinski definition) is 3. The largest absolute Gasteiger partial charge is 0.387 e. The molecule has 0 radical (unpaired) electrons. The van der Waals surface area contributed by atoms with Crippen molar-refractivity contribution in [1.29, 1.82) is 0 Å². The Kier molecular flexibility index (Phi) is 5.98. The van der Waals surface area contributed by atoms with Gasteiger partial charge in [0.15, 0.2) is 0 Å². The topological polar surface area (TPSA) is 114 Å². The normalized spacial score (nSPS) is 12.9. The highest BCUT2D eigenvalue weighted by Gasteiger charge is 2.30. The minimum Gasteiger partial charge on any atom is -0.387 e. The zero-order valence-corrected chi connectivity index (χ0v) is 17.5. The number of amides is 1. The van der Waals surface area contributed by atoms with E-state index in [4.69, 9.17) is 5.73 Å². The lowest BCUT2D eigenvalue weighted by molar-refractivity contribution is -0.00304. The van der Waals surface area contributed by atoms with Crippen LogP contribution >= 0.6 is 0 Å². The number of carbonyl (C=O) groups is 1. The number of benzene rings is 1. The highest BCUT2D eigenvalue weighted by Crippen LogP contribution is 2.34. The first-order valence-electron chi connectivity index (χ1n) is 9.72. The van der Waals surface area contributed by atoms with E-state index in [1.54, 1.807) is 18.5 Å². The number of nitrogens with one attached hydrogen (secondary N) is 1. The second kappa shape index (κ2) is 8.31. The van der Waals surface area contributed by atoms with Gasteiger partial charge in [-0.05, 0) is 45.4 Å². The molecule has 0 aliphatic carbocycles. The van der Waals surface area contributed by atoms with Crippen molar-refractivity contribution >= 4 is 22.5 Å². The van der Waals surface area contributed by atoms with Crippen LogP contribution in [0, 0.1) is 0 Å². The molecule has 3 rings (SSSR count). The van der Waals surface area contributed by atoms with Gasteiger partial charge in [0.25, 0.3) is 5.91 Å². The van der Waals surface area contributed by atoms with Crippen LogP contribution in [0.25, 0.3) is 22.0 Å². The van der Waals surface area contributed by atoms with E-state index >= 15 is 0 Å². The van der Waals surface area contributed by atoms with E-state index in [-0.39, 0.29) is 23.7 Å². The maximum atomic E-state index is 14.6. The fourth-order valence-corrected chi connectivity index (χ4v) is 3.21. The highest BCUT2D eigenvalue weighted by atomic mass is 19.1. The van der Waals surface area contributed by atoms with Gasteiger partial charge in [0.1, 0.15) is 12.5 Å². The lowest BCUT2D eigenvalue weighted by Gasteiger charge is -2.24. The summed E-state index contributed by atoms with van der Waals surface area (Å²) in [5.74, 6) is -0.709. The van der Waals surface area contributed by atoms with E-state index in [0.717, 1.165) is 11.1 Å². The van der Waals surface area contributed by atoms with E-state index in [0.29, 0.717) is 16.6 Å². The van der Waals surface area contributed by atoms with Gasteiger partial charge in [-0.15, -0.1) is 0 Å². The van der Waals surface area contributed by atoms with Crippen LogP contribution in [0.1, 0.15) is 43.7 Å². The van der Waals surface area contributed by atoms with E-state index in [1.165, 1.54) is 20.2 Å². The number of nitrogens with two attached hydrogens (primary N) is 1. The van der Waals surface area contributed by atoms with Crippen LogP contribution in [0.5, 0.6) is 0 Å². The number of halogens is 1. The summed E-state index contributed by atoms with van der Waals surface area (Å²) < 4.78 is 14.6. The smallest absolute Gasteiger partial charge is 0.252 e. The quantitative estimate of drug-likeness (QED) is 0.550. The molecule has 1 amide bonds. The predicted octanol–water partition coefficient (Wildman–Crippen LogP) is 3.26. The van der Waals surface area contributed by atoms with Gasteiger partial charge in [-0.3, -0.25) is 9.78 Å². The third-order valence-corrected chi connectivity index (χ3v) is 4.77. The highest BCUT2D eigenvalue weighted by molar-refractivity contribution is 6.08. The van der Waals surface area contributed by atoms with Gasteiger partial charge in [0.2, 0.25) is 0 Å². The van der Waals surface area contributed by atoms with Crippen LogP contribution < -0.4 is 11.1 Å². The molecule has 8 heteroatoms. The van der Waals surface area contributed by atoms with E-state index in [9.17, 15) is 14.3 Å². The van der Waals surface area contributed by atoms with Crippen molar-refractivity contribution in [3.8, 4) is 11.1 Å². The number of pyridine rings is 1. The Bertz CT molecular complexity index is 1060. The number of hydrogen-bond acceptors (Lipinski definition) is 6. The van der Waals surface area contributed by atoms with Gasteiger partial charge < -0.3 is 16.2 Å². The third kappa shape index (κ3) is 4.54. The van der Waals surface area contributed by atoms with Gasteiger partial charge in [0, 0.05) is 35.8 Å². The molecule has 7 nitrogen and oxygen atoms in total. The van der Waals surface area contributed by atoms with Gasteiger partial charge in [-0.2, -0.15) is 0 Å². The molecule has 0 saturated carbocycles. The lowest BCUT2D eigenvalue weighted by atomic mass is 9.94. The second-order valence-electron chi connectivity index (χ2n) is 8.16. The van der Waals surface area contributed by atoms with Crippen molar-refractivity contribution < 1.29 is 14.3 Å². The molecule has 1 unspecified atom stereocenters. The number of nitrogens with zero attached hydrogens (tertiary/aromatic N) is 3. The molecule has 4 N–H and O–H groups in total. The van der Waals surface area contributed by atoms with Gasteiger partial charge >= 0.3 is 0 Å². The Labute approximate surface area is 174 Å². The van der Waals surface area contributed by atoms with E-state index in [2.05, 4.69) is 20.3 Å².